The smallest absolute Gasteiger partial charge is 0.131 e. The zero-order valence-electron chi connectivity index (χ0n) is 9.04. The van der Waals surface area contributed by atoms with E-state index in [0.717, 1.165) is 0 Å². The van der Waals surface area contributed by atoms with Crippen LogP contribution in [-0.4, -0.2) is 5.11 Å². The Morgan fingerprint density at radius 3 is 2.80 bits per heavy atom. The Hall–Kier alpha value is -0.890. The minimum Gasteiger partial charge on any atom is -0.388 e. The second-order valence-corrected chi connectivity index (χ2v) is 4.53. The molecule has 1 nitrogen and oxygen atoms in total. The van der Waals surface area contributed by atoms with Gasteiger partial charge in [0.25, 0.3) is 0 Å². The summed E-state index contributed by atoms with van der Waals surface area (Å²) in [5, 5.41) is 9.92. The standard InChI is InChI=1S/C13H17FO/c1-9-4-2-7-11(13(9)14)12(15)8-10-5-3-6-10/h2,4,7,10,12,15H,3,5-6,8H2,1H3. The molecule has 0 bridgehead atoms. The zero-order chi connectivity index (χ0) is 10.8. The van der Waals surface area contributed by atoms with Gasteiger partial charge >= 0.3 is 0 Å². The van der Waals surface area contributed by atoms with E-state index in [2.05, 4.69) is 0 Å². The predicted octanol–water partition coefficient (Wildman–Crippen LogP) is 3.36. The maximum atomic E-state index is 13.7. The molecule has 0 heterocycles. The van der Waals surface area contributed by atoms with Gasteiger partial charge in [-0.25, -0.2) is 4.39 Å². The van der Waals surface area contributed by atoms with Gasteiger partial charge in [-0.15, -0.1) is 0 Å². The van der Waals surface area contributed by atoms with Crippen LogP contribution < -0.4 is 0 Å². The van der Waals surface area contributed by atoms with Crippen molar-refractivity contribution in [2.45, 2.75) is 38.7 Å². The molecule has 1 atom stereocenters. The lowest BCUT2D eigenvalue weighted by Crippen LogP contribution is -2.15. The summed E-state index contributed by atoms with van der Waals surface area (Å²) < 4.78 is 13.7. The van der Waals surface area contributed by atoms with Crippen LogP contribution >= 0.6 is 0 Å². The van der Waals surface area contributed by atoms with Gasteiger partial charge in [0.1, 0.15) is 5.82 Å². The fraction of sp³-hybridized carbons (Fsp3) is 0.538. The van der Waals surface area contributed by atoms with Gasteiger partial charge in [-0.2, -0.15) is 0 Å². The van der Waals surface area contributed by atoms with E-state index in [1.165, 1.54) is 19.3 Å². The molecule has 0 amide bonds. The number of rotatable bonds is 3. The highest BCUT2D eigenvalue weighted by atomic mass is 19.1. The summed E-state index contributed by atoms with van der Waals surface area (Å²) in [5.41, 5.74) is 1.07. The molecule has 1 aromatic rings. The molecule has 82 valence electrons. The number of aliphatic hydroxyl groups is 1. The van der Waals surface area contributed by atoms with Gasteiger partial charge in [-0.3, -0.25) is 0 Å². The van der Waals surface area contributed by atoms with Crippen LogP contribution in [0.1, 0.15) is 42.9 Å². The van der Waals surface area contributed by atoms with Crippen molar-refractivity contribution in [3.05, 3.63) is 35.1 Å². The fourth-order valence-electron chi connectivity index (χ4n) is 2.10. The van der Waals surface area contributed by atoms with Crippen LogP contribution in [0.2, 0.25) is 0 Å². The molecule has 0 saturated heterocycles. The van der Waals surface area contributed by atoms with E-state index in [4.69, 9.17) is 0 Å². The van der Waals surface area contributed by atoms with Crippen LogP contribution in [0, 0.1) is 18.7 Å². The van der Waals surface area contributed by atoms with Crippen molar-refractivity contribution in [1.29, 1.82) is 0 Å². The maximum absolute atomic E-state index is 13.7. The second kappa shape index (κ2) is 4.31. The molecule has 0 aliphatic heterocycles. The summed E-state index contributed by atoms with van der Waals surface area (Å²) in [7, 11) is 0. The van der Waals surface area contributed by atoms with E-state index in [0.29, 0.717) is 23.5 Å². The van der Waals surface area contributed by atoms with Crippen LogP contribution in [-0.2, 0) is 0 Å². The Kier molecular flexibility index (Phi) is 3.06. The molecule has 1 aliphatic carbocycles. The van der Waals surface area contributed by atoms with E-state index < -0.39 is 6.10 Å². The summed E-state index contributed by atoms with van der Waals surface area (Å²) in [6.07, 6.45) is 3.71. The Labute approximate surface area is 89.9 Å². The van der Waals surface area contributed by atoms with Crippen LogP contribution in [0.5, 0.6) is 0 Å². The Bertz CT molecular complexity index is 344. The van der Waals surface area contributed by atoms with Crippen molar-refractivity contribution in [2.75, 3.05) is 0 Å². The molecule has 1 saturated carbocycles. The molecule has 1 N–H and O–H groups in total. The molecule has 15 heavy (non-hydrogen) atoms. The van der Waals surface area contributed by atoms with Crippen molar-refractivity contribution < 1.29 is 9.50 Å². The number of benzene rings is 1. The second-order valence-electron chi connectivity index (χ2n) is 4.53. The summed E-state index contributed by atoms with van der Waals surface area (Å²) >= 11 is 0. The number of hydrogen-bond donors (Lipinski definition) is 1. The fourth-order valence-corrected chi connectivity index (χ4v) is 2.10. The minimum atomic E-state index is -0.629. The SMILES string of the molecule is Cc1cccc(C(O)CC2CCC2)c1F. The number of aliphatic hydroxyl groups excluding tert-OH is 1. The van der Waals surface area contributed by atoms with Crippen LogP contribution in [0.4, 0.5) is 4.39 Å². The van der Waals surface area contributed by atoms with Gasteiger partial charge in [0.2, 0.25) is 0 Å². The molecule has 1 aliphatic rings. The summed E-state index contributed by atoms with van der Waals surface area (Å²) in [5.74, 6) is 0.351. The third-order valence-electron chi connectivity index (χ3n) is 3.36. The normalized spacial score (nSPS) is 18.6. The number of aryl methyl sites for hydroxylation is 1. The van der Waals surface area contributed by atoms with Gasteiger partial charge in [0, 0.05) is 5.56 Å². The third-order valence-corrected chi connectivity index (χ3v) is 3.36. The van der Waals surface area contributed by atoms with Gasteiger partial charge in [0.05, 0.1) is 6.10 Å². The van der Waals surface area contributed by atoms with Gasteiger partial charge < -0.3 is 5.11 Å². The van der Waals surface area contributed by atoms with E-state index in [1.807, 2.05) is 0 Å². The minimum absolute atomic E-state index is 0.246. The zero-order valence-corrected chi connectivity index (χ0v) is 9.04. The molecule has 0 spiro atoms. The molecule has 2 heteroatoms. The van der Waals surface area contributed by atoms with Crippen molar-refractivity contribution >= 4 is 0 Å². The Morgan fingerprint density at radius 1 is 1.47 bits per heavy atom. The molecule has 0 radical (unpaired) electrons. The van der Waals surface area contributed by atoms with Crippen molar-refractivity contribution in [2.24, 2.45) is 5.92 Å². The highest BCUT2D eigenvalue weighted by Gasteiger charge is 2.23. The van der Waals surface area contributed by atoms with E-state index in [9.17, 15) is 9.50 Å². The van der Waals surface area contributed by atoms with Gasteiger partial charge in [-0.05, 0) is 24.8 Å². The van der Waals surface area contributed by atoms with Crippen LogP contribution in [0.3, 0.4) is 0 Å². The molecular weight excluding hydrogens is 191 g/mol. The average Bonchev–Trinajstić information content (AvgIpc) is 2.15. The van der Waals surface area contributed by atoms with Gasteiger partial charge in [0.15, 0.2) is 0 Å². The summed E-state index contributed by atoms with van der Waals surface area (Å²) in [6.45, 7) is 1.73. The molecule has 2 rings (SSSR count). The largest absolute Gasteiger partial charge is 0.388 e. The summed E-state index contributed by atoms with van der Waals surface area (Å²) in [4.78, 5) is 0. The quantitative estimate of drug-likeness (QED) is 0.807. The number of hydrogen-bond acceptors (Lipinski definition) is 1. The topological polar surface area (TPSA) is 20.2 Å². The molecule has 0 aromatic heterocycles. The maximum Gasteiger partial charge on any atom is 0.131 e. The van der Waals surface area contributed by atoms with Crippen LogP contribution in [0.15, 0.2) is 18.2 Å². The lowest BCUT2D eigenvalue weighted by Gasteiger charge is -2.27. The highest BCUT2D eigenvalue weighted by molar-refractivity contribution is 5.26. The Balaban J connectivity index is 2.09. The van der Waals surface area contributed by atoms with E-state index in [1.54, 1.807) is 25.1 Å². The van der Waals surface area contributed by atoms with Crippen molar-refractivity contribution in [1.82, 2.24) is 0 Å². The lowest BCUT2D eigenvalue weighted by atomic mass is 9.80. The lowest BCUT2D eigenvalue weighted by molar-refractivity contribution is 0.115. The Morgan fingerprint density at radius 2 is 2.20 bits per heavy atom. The number of halogens is 1. The first kappa shape index (κ1) is 10.6. The predicted molar refractivity (Wildman–Crippen MR) is 58.1 cm³/mol. The third kappa shape index (κ3) is 2.20. The van der Waals surface area contributed by atoms with Crippen molar-refractivity contribution in [3.63, 3.8) is 0 Å². The summed E-state index contributed by atoms with van der Waals surface area (Å²) in [6, 6.07) is 5.22. The first-order chi connectivity index (χ1) is 7.18. The molecule has 1 aromatic carbocycles. The van der Waals surface area contributed by atoms with Gasteiger partial charge in [-0.1, -0.05) is 37.5 Å². The first-order valence-corrected chi connectivity index (χ1v) is 5.61. The van der Waals surface area contributed by atoms with Crippen LogP contribution in [0.25, 0.3) is 0 Å². The molecule has 1 unspecified atom stereocenters. The van der Waals surface area contributed by atoms with Crippen molar-refractivity contribution in [3.8, 4) is 0 Å². The average molecular weight is 208 g/mol. The monoisotopic (exact) mass is 208 g/mol. The first-order valence-electron chi connectivity index (χ1n) is 5.61. The van der Waals surface area contributed by atoms with E-state index >= 15 is 0 Å². The molecule has 1 fully saturated rings. The van der Waals surface area contributed by atoms with E-state index in [-0.39, 0.29) is 5.82 Å². The highest BCUT2D eigenvalue weighted by Crippen LogP contribution is 2.35. The molecular formula is C13H17FO.